The molecule has 148 valence electrons. The van der Waals surface area contributed by atoms with Gasteiger partial charge in [0.05, 0.1) is 11.8 Å². The molecule has 4 rings (SSSR count). The lowest BCUT2D eigenvalue weighted by atomic mass is 10.1. The zero-order valence-corrected chi connectivity index (χ0v) is 15.8. The summed E-state index contributed by atoms with van der Waals surface area (Å²) in [4.78, 5) is 34.8. The lowest BCUT2D eigenvalue weighted by molar-refractivity contribution is -0.137. The molecule has 0 radical (unpaired) electrons. The van der Waals surface area contributed by atoms with Crippen molar-refractivity contribution in [3.63, 3.8) is 0 Å². The fraction of sp³-hybridized carbons (Fsp3) is 0.125. The molecule has 0 saturated heterocycles. The Balaban J connectivity index is 1.71. The third-order valence-corrected chi connectivity index (χ3v) is 5.51. The number of aromatic amines is 1. The molecule has 0 unspecified atom stereocenters. The Labute approximate surface area is 167 Å². The predicted molar refractivity (Wildman–Crippen MR) is 100 cm³/mol. The van der Waals surface area contributed by atoms with Crippen LogP contribution in [0.4, 0.5) is 13.2 Å². The van der Waals surface area contributed by atoms with Gasteiger partial charge in [-0.25, -0.2) is 14.5 Å². The number of thioether (sulfide) groups is 1. The van der Waals surface area contributed by atoms with Gasteiger partial charge in [0.1, 0.15) is 0 Å². The number of halogens is 3. The number of nitrogens with one attached hydrogen (secondary N) is 1. The van der Waals surface area contributed by atoms with Gasteiger partial charge in [-0.15, -0.1) is 5.10 Å². The largest absolute Gasteiger partial charge is 0.416 e. The van der Waals surface area contributed by atoms with Gasteiger partial charge in [0.25, 0.3) is 11.1 Å². The summed E-state index contributed by atoms with van der Waals surface area (Å²) < 4.78 is 43.3. The first kappa shape index (κ1) is 19.3. The summed E-state index contributed by atoms with van der Waals surface area (Å²) in [5.74, 6) is 0.393. The number of fused-ring (bicyclic) bond motifs is 1. The van der Waals surface area contributed by atoms with E-state index < -0.39 is 22.9 Å². The lowest BCUT2D eigenvalue weighted by Gasteiger charge is -2.11. The number of hydrogen-bond donors (Lipinski definition) is 1. The highest BCUT2D eigenvalue weighted by atomic mass is 32.2. The second-order valence-electron chi connectivity index (χ2n) is 5.71. The van der Waals surface area contributed by atoms with E-state index in [1.54, 1.807) is 0 Å². The normalized spacial score (nSPS) is 11.8. The molecule has 0 atom stereocenters. The Bertz CT molecular complexity index is 1280. The molecule has 0 aliphatic heterocycles. The molecule has 8 nitrogen and oxygen atoms in total. The van der Waals surface area contributed by atoms with E-state index in [2.05, 4.69) is 24.5 Å². The summed E-state index contributed by atoms with van der Waals surface area (Å²) in [5, 5.41) is 4.03. The zero-order chi connectivity index (χ0) is 20.6. The molecule has 0 aliphatic rings. The molecule has 0 amide bonds. The van der Waals surface area contributed by atoms with Crippen LogP contribution < -0.4 is 11.1 Å². The fourth-order valence-corrected chi connectivity index (χ4v) is 3.90. The summed E-state index contributed by atoms with van der Waals surface area (Å²) in [5.41, 5.74) is -0.868. The van der Waals surface area contributed by atoms with Crippen molar-refractivity contribution >= 4 is 33.6 Å². The SMILES string of the molecule is O=c1cnc(-n2c(SCc3ccc(C(F)(F)F)cc3)nc3nnsc3c2=O)c[nH]1. The molecule has 0 spiro atoms. The first-order valence-electron chi connectivity index (χ1n) is 7.92. The van der Waals surface area contributed by atoms with E-state index in [1.165, 1.54) is 22.9 Å². The minimum Gasteiger partial charge on any atom is -0.324 e. The number of H-pyrrole nitrogens is 1. The van der Waals surface area contributed by atoms with Crippen LogP contribution >= 0.6 is 23.3 Å². The van der Waals surface area contributed by atoms with Crippen LogP contribution in [0.2, 0.25) is 0 Å². The fourth-order valence-electron chi connectivity index (χ4n) is 2.42. The number of benzene rings is 1. The first-order chi connectivity index (χ1) is 13.8. The van der Waals surface area contributed by atoms with Crippen LogP contribution in [-0.4, -0.2) is 29.1 Å². The van der Waals surface area contributed by atoms with E-state index >= 15 is 0 Å². The standard InChI is InChI=1S/C16H9F3N6O2S2/c17-16(18,19)9-3-1-8(2-4-9)7-28-15-22-13-12(29-24-23-13)14(27)25(15)10-5-21-11(26)6-20-10/h1-6H,7H2,(H,21,26). The maximum Gasteiger partial charge on any atom is 0.416 e. The first-order valence-corrected chi connectivity index (χ1v) is 9.68. The average Bonchev–Trinajstić information content (AvgIpc) is 3.16. The van der Waals surface area contributed by atoms with Gasteiger partial charge in [-0.2, -0.15) is 13.2 Å². The minimum absolute atomic E-state index is 0.146. The summed E-state index contributed by atoms with van der Waals surface area (Å²) >= 11 is 2.00. The van der Waals surface area contributed by atoms with Crippen molar-refractivity contribution in [1.29, 1.82) is 0 Å². The molecular formula is C16H9F3N6O2S2. The molecule has 0 fully saturated rings. The van der Waals surface area contributed by atoms with Crippen LogP contribution in [0.3, 0.4) is 0 Å². The molecule has 4 aromatic rings. The van der Waals surface area contributed by atoms with Crippen LogP contribution in [-0.2, 0) is 11.9 Å². The van der Waals surface area contributed by atoms with Crippen LogP contribution in [0.1, 0.15) is 11.1 Å². The summed E-state index contributed by atoms with van der Waals surface area (Å²) in [6.45, 7) is 0. The lowest BCUT2D eigenvalue weighted by Crippen LogP contribution is -2.23. The predicted octanol–water partition coefficient (Wildman–Crippen LogP) is 2.63. The van der Waals surface area contributed by atoms with E-state index in [9.17, 15) is 22.8 Å². The van der Waals surface area contributed by atoms with Gasteiger partial charge < -0.3 is 4.98 Å². The van der Waals surface area contributed by atoms with Gasteiger partial charge in [-0.05, 0) is 29.2 Å². The van der Waals surface area contributed by atoms with Gasteiger partial charge in [0.15, 0.2) is 15.7 Å². The molecule has 1 N–H and O–H groups in total. The van der Waals surface area contributed by atoms with Crippen LogP contribution in [0.5, 0.6) is 0 Å². The smallest absolute Gasteiger partial charge is 0.324 e. The number of rotatable bonds is 4. The number of nitrogens with zero attached hydrogens (tertiary/aromatic N) is 5. The van der Waals surface area contributed by atoms with Gasteiger partial charge in [0, 0.05) is 11.9 Å². The van der Waals surface area contributed by atoms with E-state index in [-0.39, 0.29) is 27.1 Å². The van der Waals surface area contributed by atoms with Crippen LogP contribution in [0.15, 0.2) is 51.4 Å². The molecule has 0 bridgehead atoms. The summed E-state index contributed by atoms with van der Waals surface area (Å²) in [6.07, 6.45) is -2.11. The topological polar surface area (TPSA) is 106 Å². The van der Waals surface area contributed by atoms with Crippen LogP contribution in [0, 0.1) is 0 Å². The Morgan fingerprint density at radius 2 is 1.93 bits per heavy atom. The third kappa shape index (κ3) is 3.91. The van der Waals surface area contributed by atoms with Crippen molar-refractivity contribution in [3.05, 3.63) is 68.5 Å². The van der Waals surface area contributed by atoms with Crippen molar-refractivity contribution in [2.45, 2.75) is 17.1 Å². The zero-order valence-electron chi connectivity index (χ0n) is 14.2. The Hall–Kier alpha value is -3.06. The molecule has 13 heteroatoms. The summed E-state index contributed by atoms with van der Waals surface area (Å²) in [7, 11) is 0. The van der Waals surface area contributed by atoms with Crippen molar-refractivity contribution in [2.75, 3.05) is 0 Å². The molecule has 1 aromatic carbocycles. The highest BCUT2D eigenvalue weighted by Crippen LogP contribution is 2.30. The van der Waals surface area contributed by atoms with Gasteiger partial charge >= 0.3 is 6.18 Å². The molecule has 3 heterocycles. The Morgan fingerprint density at radius 1 is 1.17 bits per heavy atom. The molecular weight excluding hydrogens is 429 g/mol. The second-order valence-corrected chi connectivity index (χ2v) is 7.41. The van der Waals surface area contributed by atoms with Crippen molar-refractivity contribution < 1.29 is 13.2 Å². The number of hydrogen-bond acceptors (Lipinski definition) is 8. The minimum atomic E-state index is -4.41. The quantitative estimate of drug-likeness (QED) is 0.386. The van der Waals surface area contributed by atoms with Crippen molar-refractivity contribution in [2.24, 2.45) is 0 Å². The van der Waals surface area contributed by atoms with Gasteiger partial charge in [-0.3, -0.25) is 9.59 Å². The highest BCUT2D eigenvalue weighted by molar-refractivity contribution is 7.98. The molecule has 0 saturated carbocycles. The van der Waals surface area contributed by atoms with Gasteiger partial charge in [-0.1, -0.05) is 28.4 Å². The maximum atomic E-state index is 12.8. The number of alkyl halides is 3. The maximum absolute atomic E-state index is 12.8. The van der Waals surface area contributed by atoms with E-state index in [0.717, 1.165) is 41.6 Å². The van der Waals surface area contributed by atoms with E-state index in [1.807, 2.05) is 0 Å². The third-order valence-electron chi connectivity index (χ3n) is 3.80. The molecule has 0 aliphatic carbocycles. The highest BCUT2D eigenvalue weighted by Gasteiger charge is 2.29. The van der Waals surface area contributed by atoms with Gasteiger partial charge in [0.2, 0.25) is 5.65 Å². The average molecular weight is 438 g/mol. The number of aromatic nitrogens is 6. The van der Waals surface area contributed by atoms with Crippen molar-refractivity contribution in [1.82, 2.24) is 29.1 Å². The van der Waals surface area contributed by atoms with E-state index in [4.69, 9.17) is 0 Å². The summed E-state index contributed by atoms with van der Waals surface area (Å²) in [6, 6.07) is 4.71. The second kappa shape index (κ2) is 7.40. The Kier molecular flexibility index (Phi) is 4.92. The van der Waals surface area contributed by atoms with Crippen LogP contribution in [0.25, 0.3) is 16.2 Å². The Morgan fingerprint density at radius 3 is 2.59 bits per heavy atom. The molecule has 29 heavy (non-hydrogen) atoms. The van der Waals surface area contributed by atoms with Crippen molar-refractivity contribution in [3.8, 4) is 5.82 Å². The van der Waals surface area contributed by atoms with E-state index in [0.29, 0.717) is 5.56 Å². The molecule has 3 aromatic heterocycles. The monoisotopic (exact) mass is 438 g/mol.